The van der Waals surface area contributed by atoms with Gasteiger partial charge in [-0.3, -0.25) is 9.59 Å². The Labute approximate surface area is 275 Å². The molecule has 0 atom stereocenters. The maximum absolute atomic E-state index is 14.2. The molecule has 48 heavy (non-hydrogen) atoms. The molecule has 3 heterocycles. The third kappa shape index (κ3) is 4.25. The van der Waals surface area contributed by atoms with Gasteiger partial charge in [0.25, 0.3) is 11.8 Å². The zero-order valence-electron chi connectivity index (χ0n) is 25.5. The predicted molar refractivity (Wildman–Crippen MR) is 188 cm³/mol. The van der Waals surface area contributed by atoms with Crippen LogP contribution in [0.15, 0.2) is 152 Å². The van der Waals surface area contributed by atoms with Crippen molar-refractivity contribution in [1.29, 1.82) is 0 Å². The molecule has 0 fully saturated rings. The van der Waals surface area contributed by atoms with Gasteiger partial charge >= 0.3 is 0 Å². The zero-order valence-corrected chi connectivity index (χ0v) is 25.5. The van der Waals surface area contributed by atoms with Gasteiger partial charge in [-0.05, 0) is 36.4 Å². The largest absolute Gasteiger partial charge is 0.308 e. The summed E-state index contributed by atoms with van der Waals surface area (Å²) in [7, 11) is 0. The number of benzene rings is 6. The molecule has 0 N–H and O–H groups in total. The third-order valence-electron chi connectivity index (χ3n) is 8.78. The minimum atomic E-state index is -0.363. The molecular formula is C41H25N5O2. The van der Waals surface area contributed by atoms with E-state index in [1.165, 1.54) is 4.90 Å². The number of hydrogen-bond donors (Lipinski definition) is 0. The number of carbonyl (C=O) groups excluding carboxylic acids is 2. The summed E-state index contributed by atoms with van der Waals surface area (Å²) in [5.74, 6) is 0.899. The normalized spacial score (nSPS) is 12.6. The fourth-order valence-electron chi connectivity index (χ4n) is 6.64. The van der Waals surface area contributed by atoms with E-state index < -0.39 is 0 Å². The molecule has 9 rings (SSSR count). The van der Waals surface area contributed by atoms with Gasteiger partial charge in [-0.25, -0.2) is 19.9 Å². The Hall–Kier alpha value is -6.73. The average Bonchev–Trinajstić information content (AvgIpc) is 3.63. The SMILES string of the molecule is O=C1c2cccc(-n3c4ccccc4c4cccc(-c5nc(-c6ccccc6)nc(-c6ccccc6)n5)c43)c2C(=O)N1c1ccccc1. The van der Waals surface area contributed by atoms with Crippen LogP contribution in [0.5, 0.6) is 0 Å². The lowest BCUT2D eigenvalue weighted by Gasteiger charge is -2.15. The van der Waals surface area contributed by atoms with Crippen LogP contribution in [-0.4, -0.2) is 31.3 Å². The highest BCUT2D eigenvalue weighted by atomic mass is 16.2. The third-order valence-corrected chi connectivity index (χ3v) is 8.78. The van der Waals surface area contributed by atoms with Crippen molar-refractivity contribution in [2.45, 2.75) is 0 Å². The minimum absolute atomic E-state index is 0.346. The summed E-state index contributed by atoms with van der Waals surface area (Å²) in [6.45, 7) is 0. The van der Waals surface area contributed by atoms with Crippen LogP contribution in [0.2, 0.25) is 0 Å². The summed E-state index contributed by atoms with van der Waals surface area (Å²) in [6.07, 6.45) is 0. The number of imide groups is 1. The molecule has 0 aliphatic carbocycles. The van der Waals surface area contributed by atoms with Crippen molar-refractivity contribution in [1.82, 2.24) is 19.5 Å². The number of rotatable bonds is 5. The summed E-state index contributed by atoms with van der Waals surface area (Å²) < 4.78 is 2.08. The Morgan fingerprint density at radius 1 is 0.438 bits per heavy atom. The van der Waals surface area contributed by atoms with Gasteiger partial charge in [0.05, 0.1) is 33.5 Å². The Kier molecular flexibility index (Phi) is 6.30. The molecule has 6 aromatic carbocycles. The van der Waals surface area contributed by atoms with Crippen LogP contribution in [0.3, 0.4) is 0 Å². The van der Waals surface area contributed by atoms with E-state index in [1.807, 2.05) is 121 Å². The average molecular weight is 620 g/mol. The van der Waals surface area contributed by atoms with Crippen LogP contribution < -0.4 is 4.90 Å². The second-order valence-electron chi connectivity index (χ2n) is 11.6. The van der Waals surface area contributed by atoms with Crippen molar-refractivity contribution in [3.8, 4) is 39.9 Å². The van der Waals surface area contributed by atoms with Gasteiger partial charge in [-0.2, -0.15) is 0 Å². The maximum atomic E-state index is 14.2. The second-order valence-corrected chi connectivity index (χ2v) is 11.6. The molecule has 8 aromatic rings. The van der Waals surface area contributed by atoms with Crippen molar-refractivity contribution >= 4 is 39.3 Å². The first-order chi connectivity index (χ1) is 23.7. The van der Waals surface area contributed by atoms with Gasteiger partial charge in [0.2, 0.25) is 0 Å². The Bertz CT molecular complexity index is 2490. The summed E-state index contributed by atoms with van der Waals surface area (Å²) >= 11 is 0. The summed E-state index contributed by atoms with van der Waals surface area (Å²) in [5.41, 5.74) is 6.11. The number of hydrogen-bond acceptors (Lipinski definition) is 5. The van der Waals surface area contributed by atoms with Gasteiger partial charge in [0.1, 0.15) is 0 Å². The van der Waals surface area contributed by atoms with E-state index in [4.69, 9.17) is 15.0 Å². The molecule has 0 saturated carbocycles. The van der Waals surface area contributed by atoms with Crippen molar-refractivity contribution in [3.63, 3.8) is 0 Å². The van der Waals surface area contributed by atoms with Crippen LogP contribution in [0, 0.1) is 0 Å². The predicted octanol–water partition coefficient (Wildman–Crippen LogP) is 8.77. The molecule has 1 aliphatic rings. The van der Waals surface area contributed by atoms with E-state index in [-0.39, 0.29) is 11.8 Å². The van der Waals surface area contributed by atoms with E-state index in [1.54, 1.807) is 18.2 Å². The van der Waals surface area contributed by atoms with Crippen molar-refractivity contribution < 1.29 is 9.59 Å². The number of para-hydroxylation sites is 3. The highest BCUT2D eigenvalue weighted by molar-refractivity contribution is 6.35. The quantitative estimate of drug-likeness (QED) is 0.180. The number of carbonyl (C=O) groups is 2. The Morgan fingerprint density at radius 2 is 0.979 bits per heavy atom. The van der Waals surface area contributed by atoms with Crippen LogP contribution >= 0.6 is 0 Å². The maximum Gasteiger partial charge on any atom is 0.268 e. The Balaban J connectivity index is 1.34. The van der Waals surface area contributed by atoms with E-state index in [0.29, 0.717) is 40.0 Å². The summed E-state index contributed by atoms with van der Waals surface area (Å²) in [4.78, 5) is 44.2. The number of anilines is 1. The molecule has 0 saturated heterocycles. The molecule has 1 aliphatic heterocycles. The Morgan fingerprint density at radius 3 is 1.67 bits per heavy atom. The van der Waals surface area contributed by atoms with Gasteiger partial charge < -0.3 is 4.57 Å². The standard InChI is InChI=1S/C41H25N5O2/c47-40-31-22-13-25-34(35(31)41(48)45(40)28-18-8-3-9-19-28)46-33-24-11-10-20-29(33)30-21-12-23-32(36(30)46)39-43-37(26-14-4-1-5-15-26)42-38(44-39)27-16-6-2-7-17-27/h1-25H. The minimum Gasteiger partial charge on any atom is -0.308 e. The lowest BCUT2D eigenvalue weighted by Crippen LogP contribution is -2.29. The highest BCUT2D eigenvalue weighted by Crippen LogP contribution is 2.41. The van der Waals surface area contributed by atoms with E-state index in [9.17, 15) is 9.59 Å². The van der Waals surface area contributed by atoms with Crippen LogP contribution in [-0.2, 0) is 0 Å². The molecule has 2 amide bonds. The molecule has 2 aromatic heterocycles. The first-order valence-corrected chi connectivity index (χ1v) is 15.6. The summed E-state index contributed by atoms with van der Waals surface area (Å²) in [6, 6.07) is 48.4. The van der Waals surface area contributed by atoms with E-state index >= 15 is 0 Å². The van der Waals surface area contributed by atoms with Gasteiger partial charge in [-0.1, -0.05) is 115 Å². The number of fused-ring (bicyclic) bond motifs is 4. The van der Waals surface area contributed by atoms with E-state index in [0.717, 1.165) is 38.5 Å². The second kappa shape index (κ2) is 11.0. The number of amides is 2. The van der Waals surface area contributed by atoms with Crippen LogP contribution in [0.25, 0.3) is 61.7 Å². The molecule has 7 heteroatoms. The lowest BCUT2D eigenvalue weighted by molar-refractivity contribution is 0.0926. The number of nitrogens with zero attached hydrogens (tertiary/aromatic N) is 5. The number of aromatic nitrogens is 4. The molecule has 226 valence electrons. The van der Waals surface area contributed by atoms with Gasteiger partial charge in [0.15, 0.2) is 17.5 Å². The van der Waals surface area contributed by atoms with E-state index in [2.05, 4.69) is 16.7 Å². The van der Waals surface area contributed by atoms with Crippen molar-refractivity contribution in [2.24, 2.45) is 0 Å². The smallest absolute Gasteiger partial charge is 0.268 e. The summed E-state index contributed by atoms with van der Waals surface area (Å²) in [5, 5.41) is 1.98. The van der Waals surface area contributed by atoms with Gasteiger partial charge in [-0.15, -0.1) is 0 Å². The zero-order chi connectivity index (χ0) is 32.2. The fourth-order valence-corrected chi connectivity index (χ4v) is 6.64. The molecule has 0 radical (unpaired) electrons. The van der Waals surface area contributed by atoms with Crippen molar-refractivity contribution in [3.05, 3.63) is 163 Å². The highest BCUT2D eigenvalue weighted by Gasteiger charge is 2.39. The van der Waals surface area contributed by atoms with Crippen molar-refractivity contribution in [2.75, 3.05) is 4.90 Å². The first kappa shape index (κ1) is 27.6. The van der Waals surface area contributed by atoms with Gasteiger partial charge in [0, 0.05) is 27.5 Å². The van der Waals surface area contributed by atoms with Crippen LogP contribution in [0.1, 0.15) is 20.7 Å². The molecule has 0 unspecified atom stereocenters. The monoisotopic (exact) mass is 619 g/mol. The van der Waals surface area contributed by atoms with Crippen LogP contribution in [0.4, 0.5) is 5.69 Å². The topological polar surface area (TPSA) is 81.0 Å². The lowest BCUT2D eigenvalue weighted by atomic mass is 10.1. The fraction of sp³-hybridized carbons (Fsp3) is 0. The molecule has 0 spiro atoms. The molecular weight excluding hydrogens is 594 g/mol. The first-order valence-electron chi connectivity index (χ1n) is 15.6. The molecule has 0 bridgehead atoms. The molecule has 7 nitrogen and oxygen atoms in total.